The van der Waals surface area contributed by atoms with Gasteiger partial charge in [-0.2, -0.15) is 0 Å². The Morgan fingerprint density at radius 3 is 2.94 bits per heavy atom. The summed E-state index contributed by atoms with van der Waals surface area (Å²) in [5.41, 5.74) is 3.08. The summed E-state index contributed by atoms with van der Waals surface area (Å²) in [4.78, 5) is 14.0. The summed E-state index contributed by atoms with van der Waals surface area (Å²) in [5.74, 6) is 0.245. The third kappa shape index (κ3) is 2.25. The van der Waals surface area contributed by atoms with Crippen LogP contribution in [0.2, 0.25) is 0 Å². The van der Waals surface area contributed by atoms with E-state index in [0.29, 0.717) is 13.0 Å². The minimum atomic E-state index is -0.0368. The zero-order valence-corrected chi connectivity index (χ0v) is 10.0. The molecule has 1 aromatic heterocycles. The highest BCUT2D eigenvalue weighted by atomic mass is 16.3. The number of aromatic hydroxyl groups is 1. The number of H-pyrrole nitrogens is 1. The average Bonchev–Trinajstić information content (AvgIpc) is 2.68. The van der Waals surface area contributed by atoms with E-state index in [1.165, 1.54) is 6.92 Å². The van der Waals surface area contributed by atoms with Gasteiger partial charge >= 0.3 is 0 Å². The number of phenols is 1. The number of amides is 1. The molecule has 0 saturated carbocycles. The average molecular weight is 232 g/mol. The van der Waals surface area contributed by atoms with Gasteiger partial charge in [0.1, 0.15) is 5.75 Å². The lowest BCUT2D eigenvalue weighted by Crippen LogP contribution is -2.22. The Hall–Kier alpha value is -1.97. The van der Waals surface area contributed by atoms with E-state index < -0.39 is 0 Å². The Morgan fingerprint density at radius 2 is 2.24 bits per heavy atom. The molecule has 0 radical (unpaired) electrons. The lowest BCUT2D eigenvalue weighted by molar-refractivity contribution is -0.118. The van der Waals surface area contributed by atoms with Crippen LogP contribution in [0.1, 0.15) is 18.1 Å². The second kappa shape index (κ2) is 4.49. The van der Waals surface area contributed by atoms with Crippen LogP contribution < -0.4 is 5.32 Å². The van der Waals surface area contributed by atoms with Crippen LogP contribution in [0.4, 0.5) is 0 Å². The Kier molecular flexibility index (Phi) is 3.04. The molecule has 1 heterocycles. The summed E-state index contributed by atoms with van der Waals surface area (Å²) in [6.07, 6.45) is 2.59. The molecular formula is C13H16N2O2. The van der Waals surface area contributed by atoms with E-state index in [-0.39, 0.29) is 11.7 Å². The summed E-state index contributed by atoms with van der Waals surface area (Å²) in [5, 5.41) is 13.5. The molecule has 0 unspecified atom stereocenters. The van der Waals surface area contributed by atoms with Gasteiger partial charge in [-0.15, -0.1) is 0 Å². The summed E-state index contributed by atoms with van der Waals surface area (Å²) in [7, 11) is 0. The van der Waals surface area contributed by atoms with Crippen molar-refractivity contribution in [2.45, 2.75) is 20.3 Å². The van der Waals surface area contributed by atoms with Gasteiger partial charge in [0.25, 0.3) is 0 Å². The van der Waals surface area contributed by atoms with Gasteiger partial charge in [-0.25, -0.2) is 0 Å². The lowest BCUT2D eigenvalue weighted by atomic mass is 10.1. The molecule has 0 aliphatic carbocycles. The number of fused-ring (bicyclic) bond motifs is 1. The number of hydrogen-bond donors (Lipinski definition) is 3. The van der Waals surface area contributed by atoms with E-state index in [9.17, 15) is 9.90 Å². The third-order valence-corrected chi connectivity index (χ3v) is 2.87. The number of carbonyl (C=O) groups excluding carboxylic acids is 1. The van der Waals surface area contributed by atoms with Crippen molar-refractivity contribution in [2.75, 3.05) is 6.54 Å². The molecule has 0 bridgehead atoms. The van der Waals surface area contributed by atoms with E-state index in [2.05, 4.69) is 10.3 Å². The van der Waals surface area contributed by atoms with Gasteiger partial charge in [0.15, 0.2) is 0 Å². The van der Waals surface area contributed by atoms with Crippen LogP contribution in [0.3, 0.4) is 0 Å². The molecule has 90 valence electrons. The molecule has 0 spiro atoms. The largest absolute Gasteiger partial charge is 0.507 e. The van der Waals surface area contributed by atoms with Crippen molar-refractivity contribution in [2.24, 2.45) is 0 Å². The monoisotopic (exact) mass is 232 g/mol. The van der Waals surface area contributed by atoms with Crippen LogP contribution in [0, 0.1) is 6.92 Å². The fourth-order valence-electron chi connectivity index (χ4n) is 2.01. The van der Waals surface area contributed by atoms with Crippen LogP contribution in [0.15, 0.2) is 18.3 Å². The number of rotatable bonds is 3. The van der Waals surface area contributed by atoms with Gasteiger partial charge in [-0.1, -0.05) is 6.07 Å². The highest BCUT2D eigenvalue weighted by molar-refractivity contribution is 5.91. The standard InChI is InChI=1S/C13H16N2O2/c1-8-3-4-11(17)12-10(7-15-13(8)12)5-6-14-9(2)16/h3-4,7,15,17H,5-6H2,1-2H3,(H,14,16). The molecule has 0 aliphatic heterocycles. The number of carbonyl (C=O) groups is 1. The Morgan fingerprint density at radius 1 is 1.47 bits per heavy atom. The highest BCUT2D eigenvalue weighted by Crippen LogP contribution is 2.30. The second-order valence-electron chi connectivity index (χ2n) is 4.20. The summed E-state index contributed by atoms with van der Waals surface area (Å²) >= 11 is 0. The Labute approximate surface area is 99.7 Å². The smallest absolute Gasteiger partial charge is 0.216 e. The lowest BCUT2D eigenvalue weighted by Gasteiger charge is -2.03. The van der Waals surface area contributed by atoms with Crippen molar-refractivity contribution in [1.29, 1.82) is 0 Å². The number of aromatic amines is 1. The van der Waals surface area contributed by atoms with Gasteiger partial charge < -0.3 is 15.4 Å². The van der Waals surface area contributed by atoms with E-state index in [1.54, 1.807) is 6.07 Å². The molecule has 0 fully saturated rings. The van der Waals surface area contributed by atoms with Gasteiger partial charge in [0.2, 0.25) is 5.91 Å². The summed E-state index contributed by atoms with van der Waals surface area (Å²) < 4.78 is 0. The summed E-state index contributed by atoms with van der Waals surface area (Å²) in [6, 6.07) is 3.58. The molecule has 4 nitrogen and oxygen atoms in total. The third-order valence-electron chi connectivity index (χ3n) is 2.87. The van der Waals surface area contributed by atoms with E-state index >= 15 is 0 Å². The first kappa shape index (κ1) is 11.5. The second-order valence-corrected chi connectivity index (χ2v) is 4.20. The Bertz CT molecular complexity index is 558. The molecule has 0 aliphatic rings. The fraction of sp³-hybridized carbons (Fsp3) is 0.308. The molecule has 0 atom stereocenters. The van der Waals surface area contributed by atoms with Crippen LogP contribution in [0.25, 0.3) is 10.9 Å². The normalized spacial score (nSPS) is 10.7. The first-order valence-corrected chi connectivity index (χ1v) is 5.62. The van der Waals surface area contributed by atoms with Crippen molar-refractivity contribution >= 4 is 16.8 Å². The maximum absolute atomic E-state index is 10.8. The van der Waals surface area contributed by atoms with E-state index in [1.807, 2.05) is 19.2 Å². The maximum atomic E-state index is 10.8. The van der Waals surface area contributed by atoms with Crippen LogP contribution >= 0.6 is 0 Å². The van der Waals surface area contributed by atoms with Crippen molar-refractivity contribution in [3.8, 4) is 5.75 Å². The van der Waals surface area contributed by atoms with Crippen LogP contribution in [0.5, 0.6) is 5.75 Å². The van der Waals surface area contributed by atoms with E-state index in [4.69, 9.17) is 0 Å². The molecular weight excluding hydrogens is 216 g/mol. The fourth-order valence-corrected chi connectivity index (χ4v) is 2.01. The Balaban J connectivity index is 2.29. The number of hydrogen-bond acceptors (Lipinski definition) is 2. The van der Waals surface area contributed by atoms with Gasteiger partial charge in [-0.3, -0.25) is 4.79 Å². The minimum Gasteiger partial charge on any atom is -0.507 e. The van der Waals surface area contributed by atoms with Crippen LogP contribution in [-0.2, 0) is 11.2 Å². The number of aromatic nitrogens is 1. The van der Waals surface area contributed by atoms with Gasteiger partial charge in [-0.05, 0) is 30.5 Å². The van der Waals surface area contributed by atoms with Crippen molar-refractivity contribution < 1.29 is 9.90 Å². The number of benzene rings is 1. The van der Waals surface area contributed by atoms with Gasteiger partial charge in [0.05, 0.1) is 5.52 Å². The number of phenolic OH excluding ortho intramolecular Hbond substituents is 1. The van der Waals surface area contributed by atoms with Crippen molar-refractivity contribution in [3.05, 3.63) is 29.5 Å². The zero-order chi connectivity index (χ0) is 12.4. The first-order valence-electron chi connectivity index (χ1n) is 5.62. The quantitative estimate of drug-likeness (QED) is 0.756. The maximum Gasteiger partial charge on any atom is 0.216 e. The van der Waals surface area contributed by atoms with E-state index in [0.717, 1.165) is 22.0 Å². The molecule has 2 rings (SSSR count). The molecule has 1 aromatic carbocycles. The predicted molar refractivity (Wildman–Crippen MR) is 67.1 cm³/mol. The van der Waals surface area contributed by atoms with Crippen LogP contribution in [-0.4, -0.2) is 22.5 Å². The highest BCUT2D eigenvalue weighted by Gasteiger charge is 2.09. The SMILES string of the molecule is CC(=O)NCCc1c[nH]c2c(C)ccc(O)c12. The van der Waals surface area contributed by atoms with Crippen molar-refractivity contribution in [3.63, 3.8) is 0 Å². The molecule has 1 amide bonds. The molecule has 17 heavy (non-hydrogen) atoms. The molecule has 0 saturated heterocycles. The van der Waals surface area contributed by atoms with Gasteiger partial charge in [0, 0.05) is 25.1 Å². The minimum absolute atomic E-state index is 0.0368. The molecule has 2 aromatic rings. The zero-order valence-electron chi connectivity index (χ0n) is 10.0. The topological polar surface area (TPSA) is 65.1 Å². The number of aryl methyl sites for hydroxylation is 1. The molecule has 4 heteroatoms. The van der Waals surface area contributed by atoms with Crippen molar-refractivity contribution in [1.82, 2.24) is 10.3 Å². The summed E-state index contributed by atoms with van der Waals surface area (Å²) in [6.45, 7) is 4.07. The predicted octanol–water partition coefficient (Wildman–Crippen LogP) is 1.86. The molecule has 3 N–H and O–H groups in total. The number of nitrogens with one attached hydrogen (secondary N) is 2. The first-order chi connectivity index (χ1) is 8.09.